The Morgan fingerprint density at radius 3 is 2.81 bits per heavy atom. The van der Waals surface area contributed by atoms with E-state index in [0.717, 1.165) is 0 Å². The van der Waals surface area contributed by atoms with E-state index < -0.39 is 24.9 Å². The lowest BCUT2D eigenvalue weighted by Gasteiger charge is -2.16. The van der Waals surface area contributed by atoms with E-state index in [1.165, 1.54) is 11.9 Å². The van der Waals surface area contributed by atoms with Crippen molar-refractivity contribution in [1.82, 2.24) is 14.9 Å². The van der Waals surface area contributed by atoms with Crippen LogP contribution in [0.5, 0.6) is 0 Å². The molecule has 0 saturated carbocycles. The minimum Gasteiger partial charge on any atom is -0.340 e. The largest absolute Gasteiger partial charge is 0.389 e. The van der Waals surface area contributed by atoms with E-state index in [-0.39, 0.29) is 6.54 Å². The summed E-state index contributed by atoms with van der Waals surface area (Å²) in [6.45, 7) is 0.114. The average molecular weight is 320 g/mol. The number of rotatable bonds is 4. The molecule has 4 nitrogen and oxygen atoms in total. The molecule has 1 N–H and O–H groups in total. The highest BCUT2D eigenvalue weighted by atomic mass is 35.5. The molecule has 0 unspecified atom stereocenters. The van der Waals surface area contributed by atoms with Gasteiger partial charge in [0.2, 0.25) is 5.91 Å². The van der Waals surface area contributed by atoms with Crippen LogP contribution in [0.4, 0.5) is 13.2 Å². The maximum Gasteiger partial charge on any atom is 0.389 e. The van der Waals surface area contributed by atoms with Gasteiger partial charge in [-0.15, -0.1) is 0 Å². The number of aromatic nitrogens is 2. The lowest BCUT2D eigenvalue weighted by Crippen LogP contribution is -2.27. The molecule has 0 atom stereocenters. The predicted octanol–water partition coefficient (Wildman–Crippen LogP) is 3.52. The molecular weight excluding hydrogens is 307 g/mol. The number of fused-ring (bicyclic) bond motifs is 1. The van der Waals surface area contributed by atoms with Crippen LogP contribution in [0, 0.1) is 0 Å². The van der Waals surface area contributed by atoms with Gasteiger partial charge in [0.05, 0.1) is 24.0 Å². The molecule has 0 aliphatic carbocycles. The molecule has 0 saturated heterocycles. The second-order valence-corrected chi connectivity index (χ2v) is 5.15. The second-order valence-electron chi connectivity index (χ2n) is 4.71. The number of carbonyl (C=O) groups is 1. The van der Waals surface area contributed by atoms with Crippen LogP contribution in [-0.4, -0.2) is 34.0 Å². The Bertz CT molecular complexity index is 654. The Kier molecular flexibility index (Phi) is 4.41. The van der Waals surface area contributed by atoms with Crippen LogP contribution in [0.15, 0.2) is 18.2 Å². The number of hydrogen-bond donors (Lipinski definition) is 1. The summed E-state index contributed by atoms with van der Waals surface area (Å²) in [4.78, 5) is 20.1. The fourth-order valence-electron chi connectivity index (χ4n) is 1.86. The number of amides is 1. The van der Waals surface area contributed by atoms with E-state index in [4.69, 9.17) is 11.6 Å². The molecule has 0 radical (unpaired) electrons. The number of benzene rings is 1. The summed E-state index contributed by atoms with van der Waals surface area (Å²) in [7, 11) is 1.44. The van der Waals surface area contributed by atoms with Crippen molar-refractivity contribution in [1.29, 1.82) is 0 Å². The maximum atomic E-state index is 12.1. The number of aromatic amines is 1. The minimum absolute atomic E-state index is 0.114. The molecule has 0 aliphatic heterocycles. The highest BCUT2D eigenvalue weighted by Crippen LogP contribution is 2.22. The van der Waals surface area contributed by atoms with Crippen molar-refractivity contribution in [2.24, 2.45) is 0 Å². The second kappa shape index (κ2) is 5.93. The van der Waals surface area contributed by atoms with E-state index >= 15 is 0 Å². The highest BCUT2D eigenvalue weighted by Gasteiger charge is 2.28. The highest BCUT2D eigenvalue weighted by molar-refractivity contribution is 6.31. The van der Waals surface area contributed by atoms with Crippen LogP contribution in [0.2, 0.25) is 5.02 Å². The van der Waals surface area contributed by atoms with E-state index in [2.05, 4.69) is 9.97 Å². The number of alkyl halides is 3. The van der Waals surface area contributed by atoms with Gasteiger partial charge in [-0.25, -0.2) is 4.98 Å². The van der Waals surface area contributed by atoms with Gasteiger partial charge >= 0.3 is 6.18 Å². The summed E-state index contributed by atoms with van der Waals surface area (Å²) in [5, 5.41) is 0.548. The van der Waals surface area contributed by atoms with Gasteiger partial charge in [0.1, 0.15) is 5.82 Å². The third-order valence-electron chi connectivity index (χ3n) is 2.93. The van der Waals surface area contributed by atoms with Crippen LogP contribution < -0.4 is 0 Å². The zero-order chi connectivity index (χ0) is 15.6. The molecule has 1 aromatic carbocycles. The van der Waals surface area contributed by atoms with E-state index in [9.17, 15) is 18.0 Å². The number of H-pyrrole nitrogens is 1. The zero-order valence-corrected chi connectivity index (χ0v) is 11.9. The summed E-state index contributed by atoms with van der Waals surface area (Å²) < 4.78 is 36.2. The summed E-state index contributed by atoms with van der Waals surface area (Å²) in [6, 6.07) is 5.11. The first-order valence-electron chi connectivity index (χ1n) is 6.19. The van der Waals surface area contributed by atoms with Crippen molar-refractivity contribution >= 4 is 28.5 Å². The molecule has 0 aliphatic rings. The lowest BCUT2D eigenvalue weighted by atomic mass is 10.2. The number of nitrogens with zero attached hydrogens (tertiary/aromatic N) is 2. The summed E-state index contributed by atoms with van der Waals surface area (Å²) in [6.07, 6.45) is -6.01. The molecule has 114 valence electrons. The molecule has 0 bridgehead atoms. The monoisotopic (exact) mass is 319 g/mol. The Balaban J connectivity index is 2.00. The van der Waals surface area contributed by atoms with Gasteiger partial charge < -0.3 is 9.88 Å². The van der Waals surface area contributed by atoms with Crippen molar-refractivity contribution in [3.05, 3.63) is 29.0 Å². The van der Waals surface area contributed by atoms with Gasteiger partial charge in [-0.3, -0.25) is 4.79 Å². The number of imidazole rings is 1. The molecule has 2 aromatic rings. The van der Waals surface area contributed by atoms with Crippen molar-refractivity contribution in [2.45, 2.75) is 25.6 Å². The van der Waals surface area contributed by atoms with Crippen molar-refractivity contribution in [2.75, 3.05) is 7.05 Å². The number of carbonyl (C=O) groups excluding carboxylic acids is 1. The molecule has 1 heterocycles. The fourth-order valence-corrected chi connectivity index (χ4v) is 2.03. The van der Waals surface area contributed by atoms with Crippen LogP contribution in [0.25, 0.3) is 11.0 Å². The van der Waals surface area contributed by atoms with Crippen LogP contribution in [-0.2, 0) is 11.3 Å². The Morgan fingerprint density at radius 1 is 1.43 bits per heavy atom. The number of nitrogens with one attached hydrogen (secondary N) is 1. The van der Waals surface area contributed by atoms with E-state index in [1.807, 2.05) is 0 Å². The molecule has 1 amide bonds. The van der Waals surface area contributed by atoms with Gasteiger partial charge in [-0.2, -0.15) is 13.2 Å². The lowest BCUT2D eigenvalue weighted by molar-refractivity contribution is -0.148. The molecule has 0 spiro atoms. The Morgan fingerprint density at radius 2 is 2.14 bits per heavy atom. The topological polar surface area (TPSA) is 49.0 Å². The van der Waals surface area contributed by atoms with Crippen molar-refractivity contribution in [3.8, 4) is 0 Å². The summed E-state index contributed by atoms with van der Waals surface area (Å²) >= 11 is 5.85. The van der Waals surface area contributed by atoms with Gasteiger partial charge in [0, 0.05) is 18.5 Å². The normalized spacial score (nSPS) is 11.9. The first-order chi connectivity index (χ1) is 9.74. The minimum atomic E-state index is -4.33. The average Bonchev–Trinajstić information content (AvgIpc) is 2.76. The fraction of sp³-hybridized carbons (Fsp3) is 0.385. The number of halogens is 4. The zero-order valence-electron chi connectivity index (χ0n) is 11.2. The molecular formula is C13H13ClF3N3O. The Hall–Kier alpha value is -1.76. The Labute approximate surface area is 123 Å². The summed E-state index contributed by atoms with van der Waals surface area (Å²) in [5.74, 6) is -0.0825. The molecule has 8 heteroatoms. The van der Waals surface area contributed by atoms with E-state index in [0.29, 0.717) is 21.9 Å². The van der Waals surface area contributed by atoms with Gasteiger partial charge in [-0.1, -0.05) is 11.6 Å². The first-order valence-corrected chi connectivity index (χ1v) is 6.57. The summed E-state index contributed by atoms with van der Waals surface area (Å²) in [5.41, 5.74) is 1.40. The molecule has 21 heavy (non-hydrogen) atoms. The van der Waals surface area contributed by atoms with Crippen LogP contribution in [0.3, 0.4) is 0 Å². The third kappa shape index (κ3) is 4.35. The van der Waals surface area contributed by atoms with Crippen LogP contribution >= 0.6 is 11.6 Å². The molecule has 2 rings (SSSR count). The molecule has 0 fully saturated rings. The van der Waals surface area contributed by atoms with Crippen molar-refractivity contribution < 1.29 is 18.0 Å². The quantitative estimate of drug-likeness (QED) is 0.937. The predicted molar refractivity (Wildman–Crippen MR) is 72.9 cm³/mol. The first kappa shape index (κ1) is 15.6. The molecule has 1 aromatic heterocycles. The van der Waals surface area contributed by atoms with Crippen molar-refractivity contribution in [3.63, 3.8) is 0 Å². The van der Waals surface area contributed by atoms with Crippen LogP contribution in [0.1, 0.15) is 18.7 Å². The number of hydrogen-bond acceptors (Lipinski definition) is 2. The standard InChI is InChI=1S/C13H13ClF3N3O/c1-20(12(21)4-5-13(15,16)17)7-11-18-9-3-2-8(14)6-10(9)19-11/h2-3,6H,4-5,7H2,1H3,(H,18,19). The van der Waals surface area contributed by atoms with Gasteiger partial charge in [-0.05, 0) is 18.2 Å². The maximum absolute atomic E-state index is 12.1. The third-order valence-corrected chi connectivity index (χ3v) is 3.16. The SMILES string of the molecule is CN(Cc1nc2ccc(Cl)cc2[nH]1)C(=O)CCC(F)(F)F. The smallest absolute Gasteiger partial charge is 0.340 e. The van der Waals surface area contributed by atoms with E-state index in [1.54, 1.807) is 18.2 Å². The van der Waals surface area contributed by atoms with Gasteiger partial charge in [0.25, 0.3) is 0 Å². The van der Waals surface area contributed by atoms with Gasteiger partial charge in [0.15, 0.2) is 0 Å².